The average Bonchev–Trinajstić information content (AvgIpc) is 2.40. The van der Waals surface area contributed by atoms with Gasteiger partial charge in [0, 0.05) is 11.1 Å². The molecule has 2 rings (SSSR count). The highest BCUT2D eigenvalue weighted by Crippen LogP contribution is 2.37. The molecule has 0 atom stereocenters. The van der Waals surface area contributed by atoms with Crippen molar-refractivity contribution in [3.05, 3.63) is 76.7 Å². The standard InChI is InChI=1S/C13H10ClNO/c14-13(15-16,11-7-3-1-4-8-11)12-9-5-2-6-10-12/h1-10H. The van der Waals surface area contributed by atoms with Crippen molar-refractivity contribution in [2.45, 2.75) is 5.00 Å². The summed E-state index contributed by atoms with van der Waals surface area (Å²) in [5.41, 5.74) is 1.36. The number of hydrogen-bond donors (Lipinski definition) is 0. The van der Waals surface area contributed by atoms with Crippen molar-refractivity contribution in [2.24, 2.45) is 5.18 Å². The quantitative estimate of drug-likeness (QED) is 0.448. The van der Waals surface area contributed by atoms with E-state index in [-0.39, 0.29) is 0 Å². The summed E-state index contributed by atoms with van der Waals surface area (Å²) in [7, 11) is 0. The van der Waals surface area contributed by atoms with E-state index in [0.717, 1.165) is 0 Å². The first-order valence-corrected chi connectivity index (χ1v) is 5.29. The predicted molar refractivity (Wildman–Crippen MR) is 65.3 cm³/mol. The van der Waals surface area contributed by atoms with Crippen molar-refractivity contribution in [3.8, 4) is 0 Å². The summed E-state index contributed by atoms with van der Waals surface area (Å²) in [4.78, 5) is 9.71. The maximum Gasteiger partial charge on any atom is 0.225 e. The smallest absolute Gasteiger partial charge is 0.148 e. The molecular weight excluding hydrogens is 222 g/mol. The summed E-state index contributed by atoms with van der Waals surface area (Å²) in [6, 6.07) is 18.3. The lowest BCUT2D eigenvalue weighted by molar-refractivity contribution is 0.769. The van der Waals surface area contributed by atoms with Gasteiger partial charge in [-0.25, -0.2) is 0 Å². The van der Waals surface area contributed by atoms with Crippen molar-refractivity contribution >= 4 is 11.6 Å². The van der Waals surface area contributed by atoms with Crippen molar-refractivity contribution < 1.29 is 0 Å². The topological polar surface area (TPSA) is 29.4 Å². The van der Waals surface area contributed by atoms with Crippen LogP contribution in [0.4, 0.5) is 0 Å². The van der Waals surface area contributed by atoms with Gasteiger partial charge in [0.2, 0.25) is 5.00 Å². The molecule has 0 heterocycles. The first-order chi connectivity index (χ1) is 7.77. The second-order valence-corrected chi connectivity index (χ2v) is 3.99. The molecule has 2 aromatic rings. The van der Waals surface area contributed by atoms with Crippen LogP contribution in [-0.2, 0) is 5.00 Å². The van der Waals surface area contributed by atoms with Crippen molar-refractivity contribution in [1.82, 2.24) is 0 Å². The van der Waals surface area contributed by atoms with E-state index in [4.69, 9.17) is 11.6 Å². The zero-order valence-electron chi connectivity index (χ0n) is 8.51. The fourth-order valence-corrected chi connectivity index (χ4v) is 1.84. The molecule has 2 aromatic carbocycles. The Morgan fingerprint density at radius 3 is 1.50 bits per heavy atom. The third-order valence-electron chi connectivity index (χ3n) is 2.44. The minimum absolute atomic E-state index is 0.679. The maximum absolute atomic E-state index is 11.0. The fraction of sp³-hybridized carbons (Fsp3) is 0.0769. The first kappa shape index (κ1) is 10.8. The largest absolute Gasteiger partial charge is 0.225 e. The lowest BCUT2D eigenvalue weighted by Crippen LogP contribution is -2.16. The van der Waals surface area contributed by atoms with Crippen LogP contribution in [0.1, 0.15) is 11.1 Å². The van der Waals surface area contributed by atoms with Crippen LogP contribution >= 0.6 is 11.6 Å². The SMILES string of the molecule is O=NC(Cl)(c1ccccc1)c1ccccc1. The molecule has 0 N–H and O–H groups in total. The van der Waals surface area contributed by atoms with Gasteiger partial charge in [-0.15, -0.1) is 4.91 Å². The van der Waals surface area contributed by atoms with Gasteiger partial charge in [0.1, 0.15) is 0 Å². The molecule has 80 valence electrons. The Bertz CT molecular complexity index is 430. The lowest BCUT2D eigenvalue weighted by atomic mass is 9.99. The number of halogens is 1. The van der Waals surface area contributed by atoms with Crippen molar-refractivity contribution in [3.63, 3.8) is 0 Å². The Balaban J connectivity index is 2.53. The fourth-order valence-electron chi connectivity index (χ4n) is 1.59. The van der Waals surface area contributed by atoms with Gasteiger partial charge in [-0.2, -0.15) is 0 Å². The molecule has 0 radical (unpaired) electrons. The van der Waals surface area contributed by atoms with Crippen molar-refractivity contribution in [2.75, 3.05) is 0 Å². The number of hydrogen-bond acceptors (Lipinski definition) is 2. The minimum Gasteiger partial charge on any atom is -0.148 e. The van der Waals surface area contributed by atoms with Crippen molar-refractivity contribution in [1.29, 1.82) is 0 Å². The van der Waals surface area contributed by atoms with E-state index < -0.39 is 5.00 Å². The molecule has 16 heavy (non-hydrogen) atoms. The van der Waals surface area contributed by atoms with E-state index in [9.17, 15) is 4.91 Å². The molecule has 0 aromatic heterocycles. The average molecular weight is 232 g/mol. The second-order valence-electron chi connectivity index (χ2n) is 3.45. The van der Waals surface area contributed by atoms with Crippen LogP contribution in [0.5, 0.6) is 0 Å². The number of alkyl halides is 1. The summed E-state index contributed by atoms with van der Waals surface area (Å²) in [5, 5.41) is 3.08. The highest BCUT2D eigenvalue weighted by molar-refractivity contribution is 6.25. The summed E-state index contributed by atoms with van der Waals surface area (Å²) in [6.45, 7) is 0. The molecule has 3 heteroatoms. The monoisotopic (exact) mass is 231 g/mol. The van der Waals surface area contributed by atoms with Crippen LogP contribution in [0.15, 0.2) is 65.8 Å². The van der Waals surface area contributed by atoms with Gasteiger partial charge in [0.15, 0.2) is 0 Å². The van der Waals surface area contributed by atoms with Gasteiger partial charge < -0.3 is 0 Å². The third kappa shape index (κ3) is 1.84. The van der Waals surface area contributed by atoms with E-state index in [2.05, 4.69) is 5.18 Å². The Morgan fingerprint density at radius 2 is 1.19 bits per heavy atom. The molecule has 0 amide bonds. The third-order valence-corrected chi connectivity index (χ3v) is 2.94. The van der Waals surface area contributed by atoms with Gasteiger partial charge in [0.05, 0.1) is 0 Å². The van der Waals surface area contributed by atoms with Crippen LogP contribution in [-0.4, -0.2) is 0 Å². The summed E-state index contributed by atoms with van der Waals surface area (Å²) >= 11 is 6.30. The van der Waals surface area contributed by atoms with E-state index in [1.54, 1.807) is 24.3 Å². The van der Waals surface area contributed by atoms with Crippen LogP contribution in [0, 0.1) is 4.91 Å². The number of benzene rings is 2. The molecule has 0 aliphatic rings. The van der Waals surface area contributed by atoms with Gasteiger partial charge in [-0.05, 0) is 5.18 Å². The first-order valence-electron chi connectivity index (χ1n) is 4.92. The number of nitrogens with zero attached hydrogens (tertiary/aromatic N) is 1. The Hall–Kier alpha value is -1.67. The molecule has 0 aliphatic heterocycles. The van der Waals surface area contributed by atoms with Crippen LogP contribution in [0.25, 0.3) is 0 Å². The van der Waals surface area contributed by atoms with Gasteiger partial charge in [-0.3, -0.25) is 0 Å². The van der Waals surface area contributed by atoms with Gasteiger partial charge >= 0.3 is 0 Å². The van der Waals surface area contributed by atoms with Crippen LogP contribution < -0.4 is 0 Å². The van der Waals surface area contributed by atoms with Gasteiger partial charge in [0.25, 0.3) is 0 Å². The van der Waals surface area contributed by atoms with Crippen LogP contribution in [0.3, 0.4) is 0 Å². The van der Waals surface area contributed by atoms with Crippen LogP contribution in [0.2, 0.25) is 0 Å². The van der Waals surface area contributed by atoms with E-state index >= 15 is 0 Å². The molecule has 0 unspecified atom stereocenters. The molecule has 0 saturated carbocycles. The molecule has 0 aliphatic carbocycles. The molecule has 0 bridgehead atoms. The zero-order chi connectivity index (χ0) is 11.4. The Labute approximate surface area is 98.9 Å². The maximum atomic E-state index is 11.0. The van der Waals surface area contributed by atoms with E-state index in [0.29, 0.717) is 11.1 Å². The summed E-state index contributed by atoms with van der Waals surface area (Å²) in [6.07, 6.45) is 0. The second kappa shape index (κ2) is 4.45. The zero-order valence-corrected chi connectivity index (χ0v) is 9.26. The lowest BCUT2D eigenvalue weighted by Gasteiger charge is -2.19. The number of nitroso groups, excluding NO2 is 1. The predicted octanol–water partition coefficient (Wildman–Crippen LogP) is 3.89. The highest BCUT2D eigenvalue weighted by atomic mass is 35.5. The van der Waals surface area contributed by atoms with E-state index in [1.165, 1.54) is 0 Å². The Kier molecular flexibility index (Phi) is 3.02. The summed E-state index contributed by atoms with van der Waals surface area (Å²) < 4.78 is 0. The van der Waals surface area contributed by atoms with E-state index in [1.807, 2.05) is 36.4 Å². The minimum atomic E-state index is -1.33. The normalized spacial score (nSPS) is 11.1. The molecule has 0 spiro atoms. The number of rotatable bonds is 3. The molecule has 0 saturated heterocycles. The molecule has 0 fully saturated rings. The molecular formula is C13H10ClNO. The highest BCUT2D eigenvalue weighted by Gasteiger charge is 2.32. The summed E-state index contributed by atoms with van der Waals surface area (Å²) in [5.74, 6) is 0. The molecule has 2 nitrogen and oxygen atoms in total. The Morgan fingerprint density at radius 1 is 0.812 bits per heavy atom. The van der Waals surface area contributed by atoms with Gasteiger partial charge in [-0.1, -0.05) is 72.3 Å².